The molecule has 9 heteroatoms. The second-order valence-corrected chi connectivity index (χ2v) is 7.28. The average molecular weight is 440 g/mol. The van der Waals surface area contributed by atoms with Crippen LogP contribution >= 0.6 is 11.6 Å². The Bertz CT molecular complexity index is 1090. The topological polar surface area (TPSA) is 80.7 Å². The number of halogens is 1. The first-order valence-electron chi connectivity index (χ1n) is 9.81. The summed E-state index contributed by atoms with van der Waals surface area (Å²) in [6.07, 6.45) is 1.63. The standard InChI is InChI=1S/C22H22ClN5O3/c1-30-18-7-6-15(14-19(18)31-2)16-4-3-5-17(25-16)21(29)28-12-10-27(11-13-28)20-8-9-24-22(23)26-20/h3-9,14H,10-13H2,1-2H3. The molecule has 0 atom stereocenters. The quantitative estimate of drug-likeness (QED) is 0.565. The van der Waals surface area contributed by atoms with Gasteiger partial charge in [0.1, 0.15) is 11.5 Å². The lowest BCUT2D eigenvalue weighted by Gasteiger charge is -2.35. The Morgan fingerprint density at radius 1 is 0.968 bits per heavy atom. The zero-order chi connectivity index (χ0) is 21.8. The zero-order valence-electron chi connectivity index (χ0n) is 17.3. The van der Waals surface area contributed by atoms with E-state index in [9.17, 15) is 4.79 Å². The summed E-state index contributed by atoms with van der Waals surface area (Å²) in [4.78, 5) is 29.7. The number of ether oxygens (including phenoxy) is 2. The van der Waals surface area contributed by atoms with Crippen LogP contribution in [0.4, 0.5) is 5.82 Å². The van der Waals surface area contributed by atoms with Crippen molar-refractivity contribution in [1.82, 2.24) is 19.9 Å². The fourth-order valence-electron chi connectivity index (χ4n) is 3.51. The Balaban J connectivity index is 1.48. The minimum Gasteiger partial charge on any atom is -0.493 e. The predicted octanol–water partition coefficient (Wildman–Crippen LogP) is 3.17. The maximum atomic E-state index is 13.1. The number of aromatic nitrogens is 3. The summed E-state index contributed by atoms with van der Waals surface area (Å²) in [6, 6.07) is 12.8. The molecule has 3 heterocycles. The van der Waals surface area contributed by atoms with E-state index in [0.29, 0.717) is 49.1 Å². The van der Waals surface area contributed by atoms with Gasteiger partial charge in [-0.05, 0) is 48.0 Å². The van der Waals surface area contributed by atoms with Crippen molar-refractivity contribution in [3.63, 3.8) is 0 Å². The van der Waals surface area contributed by atoms with Crippen molar-refractivity contribution < 1.29 is 14.3 Å². The average Bonchev–Trinajstić information content (AvgIpc) is 2.83. The normalized spacial score (nSPS) is 13.8. The van der Waals surface area contributed by atoms with Crippen LogP contribution in [0.3, 0.4) is 0 Å². The van der Waals surface area contributed by atoms with Crippen molar-refractivity contribution in [2.24, 2.45) is 0 Å². The van der Waals surface area contributed by atoms with Crippen LogP contribution in [-0.4, -0.2) is 66.2 Å². The van der Waals surface area contributed by atoms with Crippen LogP contribution in [0.2, 0.25) is 5.28 Å². The van der Waals surface area contributed by atoms with E-state index in [1.165, 1.54) is 0 Å². The first kappa shape index (κ1) is 20.9. The number of anilines is 1. The highest BCUT2D eigenvalue weighted by molar-refractivity contribution is 6.28. The van der Waals surface area contributed by atoms with E-state index >= 15 is 0 Å². The molecule has 1 aliphatic rings. The van der Waals surface area contributed by atoms with Crippen LogP contribution in [0.5, 0.6) is 11.5 Å². The number of carbonyl (C=O) groups excluding carboxylic acids is 1. The highest BCUT2D eigenvalue weighted by Gasteiger charge is 2.24. The van der Waals surface area contributed by atoms with Gasteiger partial charge in [-0.15, -0.1) is 0 Å². The van der Waals surface area contributed by atoms with E-state index in [1.807, 2.05) is 36.4 Å². The molecular weight excluding hydrogens is 418 g/mol. The number of nitrogens with zero attached hydrogens (tertiary/aromatic N) is 5. The number of piperazine rings is 1. The molecule has 0 spiro atoms. The minimum atomic E-state index is -0.0947. The summed E-state index contributed by atoms with van der Waals surface area (Å²) in [5.74, 6) is 1.92. The number of benzene rings is 1. The highest BCUT2D eigenvalue weighted by Crippen LogP contribution is 2.31. The maximum Gasteiger partial charge on any atom is 0.272 e. The smallest absolute Gasteiger partial charge is 0.272 e. The number of carbonyl (C=O) groups is 1. The first-order chi connectivity index (χ1) is 15.1. The Hall–Kier alpha value is -3.39. The van der Waals surface area contributed by atoms with Gasteiger partial charge in [0.05, 0.1) is 19.9 Å². The van der Waals surface area contributed by atoms with Crippen LogP contribution in [0.25, 0.3) is 11.3 Å². The Morgan fingerprint density at radius 2 is 1.74 bits per heavy atom. The Morgan fingerprint density at radius 3 is 2.45 bits per heavy atom. The number of amides is 1. The zero-order valence-corrected chi connectivity index (χ0v) is 18.0. The maximum absolute atomic E-state index is 13.1. The molecule has 0 saturated carbocycles. The molecule has 2 aromatic heterocycles. The van der Waals surface area contributed by atoms with Gasteiger partial charge in [0.25, 0.3) is 5.91 Å². The summed E-state index contributed by atoms with van der Waals surface area (Å²) in [5.41, 5.74) is 1.95. The van der Waals surface area contributed by atoms with Gasteiger partial charge in [0.2, 0.25) is 5.28 Å². The first-order valence-corrected chi connectivity index (χ1v) is 10.2. The molecular formula is C22H22ClN5O3. The molecule has 31 heavy (non-hydrogen) atoms. The lowest BCUT2D eigenvalue weighted by Crippen LogP contribution is -2.49. The molecule has 160 valence electrons. The third-order valence-corrected chi connectivity index (χ3v) is 5.33. The minimum absolute atomic E-state index is 0.0947. The molecule has 1 aliphatic heterocycles. The summed E-state index contributed by atoms with van der Waals surface area (Å²) < 4.78 is 10.7. The monoisotopic (exact) mass is 439 g/mol. The van der Waals surface area contributed by atoms with Gasteiger partial charge >= 0.3 is 0 Å². The molecule has 1 fully saturated rings. The van der Waals surface area contributed by atoms with E-state index in [4.69, 9.17) is 21.1 Å². The number of hydrogen-bond acceptors (Lipinski definition) is 7. The lowest BCUT2D eigenvalue weighted by molar-refractivity contribution is 0.0740. The van der Waals surface area contributed by atoms with E-state index in [2.05, 4.69) is 19.9 Å². The molecule has 0 aliphatic carbocycles. The van der Waals surface area contributed by atoms with Crippen molar-refractivity contribution in [3.05, 3.63) is 59.6 Å². The fraction of sp³-hybridized carbons (Fsp3) is 0.273. The molecule has 0 unspecified atom stereocenters. The molecule has 0 bridgehead atoms. The largest absolute Gasteiger partial charge is 0.493 e. The Labute approximate surface area is 185 Å². The summed E-state index contributed by atoms with van der Waals surface area (Å²) >= 11 is 5.89. The summed E-state index contributed by atoms with van der Waals surface area (Å²) in [5, 5.41) is 0.215. The number of hydrogen-bond donors (Lipinski definition) is 0. The Kier molecular flexibility index (Phi) is 6.18. The van der Waals surface area contributed by atoms with Gasteiger partial charge in [-0.25, -0.2) is 15.0 Å². The van der Waals surface area contributed by atoms with Crippen molar-refractivity contribution >= 4 is 23.3 Å². The molecule has 8 nitrogen and oxygen atoms in total. The predicted molar refractivity (Wildman–Crippen MR) is 118 cm³/mol. The van der Waals surface area contributed by atoms with E-state index in [0.717, 1.165) is 11.4 Å². The van der Waals surface area contributed by atoms with Crippen molar-refractivity contribution in [3.8, 4) is 22.8 Å². The molecule has 0 N–H and O–H groups in total. The highest BCUT2D eigenvalue weighted by atomic mass is 35.5. The van der Waals surface area contributed by atoms with Gasteiger partial charge < -0.3 is 19.3 Å². The van der Waals surface area contributed by atoms with Gasteiger partial charge in [-0.3, -0.25) is 4.79 Å². The van der Waals surface area contributed by atoms with E-state index in [-0.39, 0.29) is 11.2 Å². The van der Waals surface area contributed by atoms with Crippen molar-refractivity contribution in [2.45, 2.75) is 0 Å². The number of methoxy groups -OCH3 is 2. The van der Waals surface area contributed by atoms with Crippen LogP contribution in [-0.2, 0) is 0 Å². The van der Waals surface area contributed by atoms with Crippen LogP contribution in [0.15, 0.2) is 48.7 Å². The number of rotatable bonds is 5. The molecule has 1 amide bonds. The van der Waals surface area contributed by atoms with E-state index in [1.54, 1.807) is 31.4 Å². The molecule has 4 rings (SSSR count). The summed E-state index contributed by atoms with van der Waals surface area (Å²) in [7, 11) is 3.18. The van der Waals surface area contributed by atoms with Crippen LogP contribution < -0.4 is 14.4 Å². The van der Waals surface area contributed by atoms with Gasteiger partial charge in [0.15, 0.2) is 11.5 Å². The lowest BCUT2D eigenvalue weighted by atomic mass is 10.1. The molecule has 0 radical (unpaired) electrons. The van der Waals surface area contributed by atoms with E-state index < -0.39 is 0 Å². The van der Waals surface area contributed by atoms with Gasteiger partial charge in [-0.2, -0.15) is 0 Å². The summed E-state index contributed by atoms with van der Waals surface area (Å²) in [6.45, 7) is 2.47. The van der Waals surface area contributed by atoms with Crippen molar-refractivity contribution in [2.75, 3.05) is 45.3 Å². The fourth-order valence-corrected chi connectivity index (χ4v) is 3.66. The second kappa shape index (κ2) is 9.18. The molecule has 3 aromatic rings. The van der Waals surface area contributed by atoms with Crippen LogP contribution in [0, 0.1) is 0 Å². The second-order valence-electron chi connectivity index (χ2n) is 6.94. The molecule has 1 saturated heterocycles. The van der Waals surface area contributed by atoms with Crippen LogP contribution in [0.1, 0.15) is 10.5 Å². The third kappa shape index (κ3) is 4.54. The third-order valence-electron chi connectivity index (χ3n) is 5.15. The molecule has 1 aromatic carbocycles. The number of pyridine rings is 1. The van der Waals surface area contributed by atoms with Gasteiger partial charge in [0, 0.05) is 37.9 Å². The SMILES string of the molecule is COc1ccc(-c2cccc(C(=O)N3CCN(c4ccnc(Cl)n4)CC3)n2)cc1OC. The van der Waals surface area contributed by atoms with Crippen molar-refractivity contribution in [1.29, 1.82) is 0 Å². The van der Waals surface area contributed by atoms with Gasteiger partial charge in [-0.1, -0.05) is 6.07 Å².